The summed E-state index contributed by atoms with van der Waals surface area (Å²) in [7, 11) is 0. The van der Waals surface area contributed by atoms with E-state index in [0.29, 0.717) is 13.1 Å². The number of hydrogen-bond donors (Lipinski definition) is 2. The number of benzene rings is 1. The minimum atomic E-state index is -0.139. The number of piperidine rings is 1. The van der Waals surface area contributed by atoms with Gasteiger partial charge in [-0.15, -0.1) is 0 Å². The molecule has 1 aromatic carbocycles. The molecule has 2 rings (SSSR count). The molecule has 2 N–H and O–H groups in total. The van der Waals surface area contributed by atoms with E-state index in [-0.39, 0.29) is 12.6 Å². The first-order valence-corrected chi connectivity index (χ1v) is 8.27. The number of rotatable bonds is 6. The van der Waals surface area contributed by atoms with Gasteiger partial charge < -0.3 is 20.2 Å². The van der Waals surface area contributed by atoms with Gasteiger partial charge in [0.15, 0.2) is 0 Å². The predicted molar refractivity (Wildman–Crippen MR) is 90.5 cm³/mol. The fourth-order valence-corrected chi connectivity index (χ4v) is 2.89. The van der Waals surface area contributed by atoms with E-state index in [0.717, 1.165) is 30.9 Å². The summed E-state index contributed by atoms with van der Waals surface area (Å²) in [5.41, 5.74) is 1.95. The molecule has 1 heterocycles. The van der Waals surface area contributed by atoms with Crippen LogP contribution in [-0.4, -0.2) is 48.8 Å². The summed E-state index contributed by atoms with van der Waals surface area (Å²) in [5, 5.41) is 12.1. The molecular formula is C17H27N3O2. The molecule has 0 atom stereocenters. The molecule has 0 spiro atoms. The van der Waals surface area contributed by atoms with Gasteiger partial charge in [-0.05, 0) is 37.8 Å². The summed E-state index contributed by atoms with van der Waals surface area (Å²) in [6.07, 6.45) is 4.57. The number of amides is 2. The van der Waals surface area contributed by atoms with Crippen LogP contribution in [0.1, 0.15) is 32.6 Å². The van der Waals surface area contributed by atoms with Crippen LogP contribution in [0.3, 0.4) is 0 Å². The molecule has 2 amide bonds. The summed E-state index contributed by atoms with van der Waals surface area (Å²) in [6, 6.07) is 7.83. The van der Waals surface area contributed by atoms with Gasteiger partial charge >= 0.3 is 6.03 Å². The van der Waals surface area contributed by atoms with Crippen LogP contribution in [0.4, 0.5) is 16.2 Å². The lowest BCUT2D eigenvalue weighted by Gasteiger charge is -2.31. The van der Waals surface area contributed by atoms with Crippen LogP contribution in [0.15, 0.2) is 24.3 Å². The Morgan fingerprint density at radius 3 is 2.64 bits per heavy atom. The van der Waals surface area contributed by atoms with E-state index in [9.17, 15) is 4.79 Å². The van der Waals surface area contributed by atoms with E-state index in [4.69, 9.17) is 5.11 Å². The van der Waals surface area contributed by atoms with Crippen LogP contribution in [0.5, 0.6) is 0 Å². The molecule has 0 bridgehead atoms. The fourth-order valence-electron chi connectivity index (χ4n) is 2.89. The third kappa shape index (κ3) is 4.37. The van der Waals surface area contributed by atoms with Crippen LogP contribution in [0.25, 0.3) is 0 Å². The maximum atomic E-state index is 12.4. The van der Waals surface area contributed by atoms with Crippen molar-refractivity contribution in [2.75, 3.05) is 43.0 Å². The molecule has 0 radical (unpaired) electrons. The number of aliphatic hydroxyl groups excluding tert-OH is 1. The summed E-state index contributed by atoms with van der Waals surface area (Å²) in [4.78, 5) is 16.4. The van der Waals surface area contributed by atoms with E-state index in [1.54, 1.807) is 4.90 Å². The molecule has 0 aliphatic carbocycles. The standard InChI is InChI=1S/C17H27N3O2/c1-2-10-20(13-14-21)17(22)18-15-8-4-5-9-16(15)19-11-6-3-7-12-19/h4-5,8-9,21H,2-3,6-7,10-14H2,1H3,(H,18,22). The molecule has 22 heavy (non-hydrogen) atoms. The first-order chi connectivity index (χ1) is 10.8. The molecule has 0 aromatic heterocycles. The quantitative estimate of drug-likeness (QED) is 0.849. The molecular weight excluding hydrogens is 278 g/mol. The Labute approximate surface area is 132 Å². The monoisotopic (exact) mass is 305 g/mol. The van der Waals surface area contributed by atoms with E-state index in [1.807, 2.05) is 25.1 Å². The third-order valence-corrected chi connectivity index (χ3v) is 3.99. The van der Waals surface area contributed by atoms with E-state index in [2.05, 4.69) is 16.3 Å². The lowest BCUT2D eigenvalue weighted by Crippen LogP contribution is -2.38. The van der Waals surface area contributed by atoms with Crippen molar-refractivity contribution in [2.45, 2.75) is 32.6 Å². The maximum absolute atomic E-state index is 12.4. The van der Waals surface area contributed by atoms with Crippen LogP contribution >= 0.6 is 0 Å². The Hall–Kier alpha value is -1.75. The summed E-state index contributed by atoms with van der Waals surface area (Å²) < 4.78 is 0. The highest BCUT2D eigenvalue weighted by atomic mass is 16.3. The van der Waals surface area contributed by atoms with Crippen molar-refractivity contribution >= 4 is 17.4 Å². The predicted octanol–water partition coefficient (Wildman–Crippen LogP) is 2.91. The molecule has 1 aromatic rings. The Balaban J connectivity index is 2.09. The SMILES string of the molecule is CCCN(CCO)C(=O)Nc1ccccc1N1CCCCC1. The highest BCUT2D eigenvalue weighted by Crippen LogP contribution is 2.28. The van der Waals surface area contributed by atoms with E-state index < -0.39 is 0 Å². The van der Waals surface area contributed by atoms with Gasteiger partial charge in [0.05, 0.1) is 18.0 Å². The lowest BCUT2D eigenvalue weighted by molar-refractivity contribution is 0.188. The highest BCUT2D eigenvalue weighted by molar-refractivity contribution is 5.93. The Kier molecular flexibility index (Phi) is 6.52. The normalized spacial score (nSPS) is 14.7. The molecule has 1 fully saturated rings. The van der Waals surface area contributed by atoms with Crippen LogP contribution < -0.4 is 10.2 Å². The van der Waals surface area contributed by atoms with Gasteiger partial charge in [0.1, 0.15) is 0 Å². The lowest BCUT2D eigenvalue weighted by atomic mass is 10.1. The molecule has 0 unspecified atom stereocenters. The minimum absolute atomic E-state index is 0.0127. The van der Waals surface area contributed by atoms with Gasteiger partial charge in [0.2, 0.25) is 0 Å². The Morgan fingerprint density at radius 2 is 1.95 bits per heavy atom. The van der Waals surface area contributed by atoms with Crippen molar-refractivity contribution in [3.8, 4) is 0 Å². The fraction of sp³-hybridized carbons (Fsp3) is 0.588. The molecule has 1 aliphatic rings. The van der Waals surface area contributed by atoms with Gasteiger partial charge in [-0.25, -0.2) is 4.79 Å². The molecule has 122 valence electrons. The number of aliphatic hydroxyl groups is 1. The zero-order chi connectivity index (χ0) is 15.8. The van der Waals surface area contributed by atoms with Crippen LogP contribution in [0, 0.1) is 0 Å². The van der Waals surface area contributed by atoms with E-state index >= 15 is 0 Å². The summed E-state index contributed by atoms with van der Waals surface area (Å²) in [6.45, 7) is 5.12. The summed E-state index contributed by atoms with van der Waals surface area (Å²) >= 11 is 0. The maximum Gasteiger partial charge on any atom is 0.321 e. The molecule has 5 nitrogen and oxygen atoms in total. The van der Waals surface area contributed by atoms with Crippen molar-refractivity contribution < 1.29 is 9.90 Å². The molecule has 5 heteroatoms. The molecule has 0 saturated carbocycles. The number of anilines is 2. The van der Waals surface area contributed by atoms with Crippen molar-refractivity contribution in [1.29, 1.82) is 0 Å². The van der Waals surface area contributed by atoms with Crippen LogP contribution in [-0.2, 0) is 0 Å². The van der Waals surface area contributed by atoms with Crippen molar-refractivity contribution in [1.82, 2.24) is 4.90 Å². The number of urea groups is 1. The number of hydrogen-bond acceptors (Lipinski definition) is 3. The second kappa shape index (κ2) is 8.63. The average Bonchev–Trinajstić information content (AvgIpc) is 2.56. The molecule has 1 aliphatic heterocycles. The summed E-state index contributed by atoms with van der Waals surface area (Å²) in [5.74, 6) is 0. The Bertz CT molecular complexity index is 467. The van der Waals surface area contributed by atoms with E-state index in [1.165, 1.54) is 19.3 Å². The number of carbonyl (C=O) groups excluding carboxylic acids is 1. The second-order valence-corrected chi connectivity index (χ2v) is 5.71. The van der Waals surface area contributed by atoms with Crippen molar-refractivity contribution in [2.24, 2.45) is 0 Å². The van der Waals surface area contributed by atoms with Crippen molar-refractivity contribution in [3.05, 3.63) is 24.3 Å². The van der Waals surface area contributed by atoms with Gasteiger partial charge in [0.25, 0.3) is 0 Å². The van der Waals surface area contributed by atoms with Gasteiger partial charge in [-0.1, -0.05) is 19.1 Å². The number of nitrogens with one attached hydrogen (secondary N) is 1. The smallest absolute Gasteiger partial charge is 0.321 e. The number of carbonyl (C=O) groups is 1. The first-order valence-electron chi connectivity index (χ1n) is 8.27. The van der Waals surface area contributed by atoms with Crippen LogP contribution in [0.2, 0.25) is 0 Å². The zero-order valence-corrected chi connectivity index (χ0v) is 13.4. The zero-order valence-electron chi connectivity index (χ0n) is 13.4. The van der Waals surface area contributed by atoms with Gasteiger partial charge in [-0.3, -0.25) is 0 Å². The van der Waals surface area contributed by atoms with Gasteiger partial charge in [0, 0.05) is 26.2 Å². The largest absolute Gasteiger partial charge is 0.395 e. The number of nitrogens with zero attached hydrogens (tertiary/aromatic N) is 2. The van der Waals surface area contributed by atoms with Gasteiger partial charge in [-0.2, -0.15) is 0 Å². The second-order valence-electron chi connectivity index (χ2n) is 5.71. The number of para-hydroxylation sites is 2. The Morgan fingerprint density at radius 1 is 1.23 bits per heavy atom. The average molecular weight is 305 g/mol. The van der Waals surface area contributed by atoms with Crippen molar-refractivity contribution in [3.63, 3.8) is 0 Å². The highest BCUT2D eigenvalue weighted by Gasteiger charge is 2.17. The third-order valence-electron chi connectivity index (χ3n) is 3.99. The topological polar surface area (TPSA) is 55.8 Å². The first kappa shape index (κ1) is 16.6. The minimum Gasteiger partial charge on any atom is -0.395 e. The molecule has 1 saturated heterocycles.